The SMILES string of the molecule is CC1(C)C=C(c2c3ccccc3c(-c3ccc4c(c3)c3ccccc3n4-c3ccccc3)c3ccccc23)C=C2C=c3cc4c5ccccc5c5ccccc5c4cc3=C21. The van der Waals surface area contributed by atoms with Gasteiger partial charge in [0.25, 0.3) is 0 Å². The van der Waals surface area contributed by atoms with Gasteiger partial charge >= 0.3 is 0 Å². The Kier molecular flexibility index (Phi) is 6.85. The molecule has 1 nitrogen and oxygen atoms in total. The Morgan fingerprint density at radius 2 is 0.867 bits per heavy atom. The summed E-state index contributed by atoms with van der Waals surface area (Å²) in [6.45, 7) is 4.81. The van der Waals surface area contributed by atoms with Gasteiger partial charge < -0.3 is 4.57 Å². The van der Waals surface area contributed by atoms with Crippen LogP contribution in [0.4, 0.5) is 0 Å². The summed E-state index contributed by atoms with van der Waals surface area (Å²) in [5.41, 5.74) is 11.2. The van der Waals surface area contributed by atoms with Gasteiger partial charge in [0.2, 0.25) is 0 Å². The van der Waals surface area contributed by atoms with E-state index >= 15 is 0 Å². The Morgan fingerprint density at radius 1 is 0.367 bits per heavy atom. The van der Waals surface area contributed by atoms with Gasteiger partial charge in [-0.2, -0.15) is 0 Å². The van der Waals surface area contributed by atoms with Gasteiger partial charge in [0, 0.05) is 21.9 Å². The van der Waals surface area contributed by atoms with Crippen LogP contribution in [0.2, 0.25) is 0 Å². The molecule has 0 fully saturated rings. The first kappa shape index (κ1) is 33.5. The fourth-order valence-corrected chi connectivity index (χ4v) is 11.1. The number of nitrogens with zero attached hydrogens (tertiary/aromatic N) is 1. The van der Waals surface area contributed by atoms with Gasteiger partial charge in [-0.15, -0.1) is 0 Å². The molecule has 0 amide bonds. The molecule has 280 valence electrons. The second-order valence-corrected chi connectivity index (χ2v) is 17.3. The molecule has 0 aliphatic heterocycles. The van der Waals surface area contributed by atoms with Crippen molar-refractivity contribution in [1.82, 2.24) is 4.57 Å². The molecule has 1 aromatic heterocycles. The van der Waals surface area contributed by atoms with E-state index in [1.54, 1.807) is 0 Å². The molecule has 60 heavy (non-hydrogen) atoms. The monoisotopic (exact) mass is 761 g/mol. The summed E-state index contributed by atoms with van der Waals surface area (Å²) < 4.78 is 2.40. The number of hydrogen-bond donors (Lipinski definition) is 0. The van der Waals surface area contributed by atoms with Crippen molar-refractivity contribution in [1.29, 1.82) is 0 Å². The third-order valence-electron chi connectivity index (χ3n) is 13.5. The molecule has 0 radical (unpaired) electrons. The molecule has 0 spiro atoms. The second kappa shape index (κ2) is 12.3. The molecule has 1 heterocycles. The highest BCUT2D eigenvalue weighted by atomic mass is 15.0. The highest BCUT2D eigenvalue weighted by molar-refractivity contribution is 6.26. The van der Waals surface area contributed by atoms with E-state index in [0.29, 0.717) is 0 Å². The Bertz CT molecular complexity index is 3830. The number of allylic oxidation sites excluding steroid dienone is 4. The lowest BCUT2D eigenvalue weighted by Crippen LogP contribution is -2.28. The van der Waals surface area contributed by atoms with Gasteiger partial charge in [-0.05, 0) is 152 Å². The van der Waals surface area contributed by atoms with E-state index in [-0.39, 0.29) is 5.41 Å². The molecule has 2 aliphatic rings. The number of fused-ring (bicyclic) bond motifs is 13. The lowest BCUT2D eigenvalue weighted by Gasteiger charge is -2.30. The minimum Gasteiger partial charge on any atom is -0.309 e. The molecule has 2 aliphatic carbocycles. The van der Waals surface area contributed by atoms with Crippen molar-refractivity contribution in [2.45, 2.75) is 13.8 Å². The second-order valence-electron chi connectivity index (χ2n) is 17.3. The molecule has 0 bridgehead atoms. The normalized spacial score (nSPS) is 14.6. The van der Waals surface area contributed by atoms with E-state index in [0.717, 1.165) is 0 Å². The molecule has 13 rings (SSSR count). The summed E-state index contributed by atoms with van der Waals surface area (Å²) in [5.74, 6) is 0. The van der Waals surface area contributed by atoms with E-state index in [2.05, 4.69) is 219 Å². The Labute approximate surface area is 347 Å². The smallest absolute Gasteiger partial charge is 0.0541 e. The number of para-hydroxylation sites is 2. The molecular formula is C59H39N. The molecule has 0 saturated heterocycles. The van der Waals surface area contributed by atoms with Crippen LogP contribution in [0.25, 0.3) is 110 Å². The fourth-order valence-electron chi connectivity index (χ4n) is 11.1. The zero-order chi connectivity index (χ0) is 39.7. The van der Waals surface area contributed by atoms with Crippen molar-refractivity contribution >= 4 is 92.9 Å². The molecule has 1 heteroatoms. The minimum absolute atomic E-state index is 0.208. The van der Waals surface area contributed by atoms with Gasteiger partial charge in [0.05, 0.1) is 11.0 Å². The predicted molar refractivity (Wildman–Crippen MR) is 257 cm³/mol. The third-order valence-corrected chi connectivity index (χ3v) is 13.5. The van der Waals surface area contributed by atoms with Crippen molar-refractivity contribution in [3.63, 3.8) is 0 Å². The maximum atomic E-state index is 2.54. The Hall–Kier alpha value is -7.48. The van der Waals surface area contributed by atoms with Crippen molar-refractivity contribution in [3.05, 3.63) is 216 Å². The first-order valence-corrected chi connectivity index (χ1v) is 21.1. The van der Waals surface area contributed by atoms with Gasteiger partial charge in [-0.3, -0.25) is 0 Å². The van der Waals surface area contributed by atoms with Crippen LogP contribution in [0.1, 0.15) is 19.4 Å². The number of rotatable bonds is 3. The predicted octanol–water partition coefficient (Wildman–Crippen LogP) is 14.2. The van der Waals surface area contributed by atoms with Crippen LogP contribution >= 0.6 is 0 Å². The highest BCUT2D eigenvalue weighted by Gasteiger charge is 2.32. The first-order valence-electron chi connectivity index (χ1n) is 21.1. The summed E-state index contributed by atoms with van der Waals surface area (Å²) in [5, 5.41) is 18.2. The van der Waals surface area contributed by atoms with E-state index in [4.69, 9.17) is 0 Å². The molecule has 0 N–H and O–H groups in total. The van der Waals surface area contributed by atoms with Gasteiger partial charge in [-0.1, -0.05) is 159 Å². The fraction of sp³-hybridized carbons (Fsp3) is 0.0508. The average Bonchev–Trinajstić information content (AvgIpc) is 3.83. The average molecular weight is 762 g/mol. The molecule has 0 unspecified atom stereocenters. The summed E-state index contributed by atoms with van der Waals surface area (Å²) in [7, 11) is 0. The Morgan fingerprint density at radius 3 is 1.50 bits per heavy atom. The van der Waals surface area contributed by atoms with E-state index < -0.39 is 0 Å². The minimum atomic E-state index is -0.208. The summed E-state index contributed by atoms with van der Waals surface area (Å²) in [4.78, 5) is 0. The van der Waals surface area contributed by atoms with Crippen LogP contribution in [0, 0.1) is 5.41 Å². The van der Waals surface area contributed by atoms with Crippen LogP contribution < -0.4 is 10.4 Å². The molecule has 11 aromatic rings. The van der Waals surface area contributed by atoms with Crippen molar-refractivity contribution in [2.75, 3.05) is 0 Å². The summed E-state index contributed by atoms with van der Waals surface area (Å²) in [6, 6.07) is 67.5. The molecule has 0 atom stereocenters. The maximum absolute atomic E-state index is 2.54. The third kappa shape index (κ3) is 4.63. The summed E-state index contributed by atoms with van der Waals surface area (Å²) in [6.07, 6.45) is 7.46. The van der Waals surface area contributed by atoms with Crippen LogP contribution in [0.15, 0.2) is 200 Å². The molecule has 10 aromatic carbocycles. The maximum Gasteiger partial charge on any atom is 0.0541 e. The van der Waals surface area contributed by atoms with Gasteiger partial charge in [0.15, 0.2) is 0 Å². The van der Waals surface area contributed by atoms with Gasteiger partial charge in [-0.25, -0.2) is 0 Å². The van der Waals surface area contributed by atoms with Crippen molar-refractivity contribution in [2.24, 2.45) is 5.41 Å². The Balaban J connectivity index is 1.04. The van der Waals surface area contributed by atoms with E-state index in [1.807, 2.05) is 0 Å². The van der Waals surface area contributed by atoms with Gasteiger partial charge in [0.1, 0.15) is 0 Å². The largest absolute Gasteiger partial charge is 0.309 e. The van der Waals surface area contributed by atoms with Crippen LogP contribution in [0.3, 0.4) is 0 Å². The zero-order valence-corrected chi connectivity index (χ0v) is 33.5. The van der Waals surface area contributed by atoms with Crippen LogP contribution in [0.5, 0.6) is 0 Å². The van der Waals surface area contributed by atoms with Crippen molar-refractivity contribution < 1.29 is 0 Å². The standard InChI is InChI=1S/C59H39N/c1-59(2)35-39(31-38-30-37-33-51-43-20-8-6-18-41(43)42-19-7-9-21-44(42)52(51)34-50(37)58(38)59)57-48-25-12-10-23-46(48)56(47-24-11-13-26-49(47)57)36-28-29-55-53(32-36)45-22-14-15-27-54(45)60(55)40-16-4-3-5-17-40/h3-35H,1-2H3. The number of benzene rings is 10. The summed E-state index contributed by atoms with van der Waals surface area (Å²) >= 11 is 0. The number of hydrogen-bond acceptors (Lipinski definition) is 0. The number of aromatic nitrogens is 1. The topological polar surface area (TPSA) is 4.93 Å². The molecule has 0 saturated carbocycles. The lowest BCUT2D eigenvalue weighted by atomic mass is 9.73. The van der Waals surface area contributed by atoms with Crippen LogP contribution in [-0.2, 0) is 0 Å². The van der Waals surface area contributed by atoms with E-state index in [1.165, 1.54) is 125 Å². The molecular weight excluding hydrogens is 723 g/mol. The zero-order valence-electron chi connectivity index (χ0n) is 33.5. The lowest BCUT2D eigenvalue weighted by molar-refractivity contribution is 0.647. The highest BCUT2D eigenvalue weighted by Crippen LogP contribution is 2.49. The quantitative estimate of drug-likeness (QED) is 0.125. The first-order chi connectivity index (χ1) is 29.5. The van der Waals surface area contributed by atoms with Crippen LogP contribution in [-0.4, -0.2) is 4.57 Å². The van der Waals surface area contributed by atoms with E-state index in [9.17, 15) is 0 Å². The van der Waals surface area contributed by atoms with Crippen molar-refractivity contribution in [3.8, 4) is 16.8 Å².